The zero-order valence-corrected chi connectivity index (χ0v) is 12.1. The highest BCUT2D eigenvalue weighted by molar-refractivity contribution is 5.03. The van der Waals surface area contributed by atoms with Crippen LogP contribution in [0.5, 0.6) is 0 Å². The first-order valence-corrected chi connectivity index (χ1v) is 5.84. The van der Waals surface area contributed by atoms with Gasteiger partial charge in [-0.1, -0.05) is 42.9 Å². The molecule has 0 aromatic heterocycles. The van der Waals surface area contributed by atoms with Crippen LogP contribution in [0.15, 0.2) is 49.1 Å². The Labute approximate surface area is 103 Å². The lowest BCUT2D eigenvalue weighted by Crippen LogP contribution is -1.92. The van der Waals surface area contributed by atoms with Gasteiger partial charge in [0.25, 0.3) is 0 Å². The molecule has 94 valence electrons. The number of rotatable bonds is 3. The van der Waals surface area contributed by atoms with Crippen molar-refractivity contribution in [3.63, 3.8) is 0 Å². The van der Waals surface area contributed by atoms with Crippen LogP contribution in [0.25, 0.3) is 0 Å². The second-order valence-corrected chi connectivity index (χ2v) is 3.97. The van der Waals surface area contributed by atoms with E-state index in [1.54, 1.807) is 0 Å². The zero-order chi connectivity index (χ0) is 13.6. The maximum absolute atomic E-state index is 3.83. The quantitative estimate of drug-likeness (QED) is 0.518. The van der Waals surface area contributed by atoms with Crippen LogP contribution in [0.3, 0.4) is 0 Å². The third-order valence-corrected chi connectivity index (χ3v) is 1.69. The Kier molecular flexibility index (Phi) is 20.9. The van der Waals surface area contributed by atoms with E-state index in [2.05, 4.69) is 26.7 Å². The molecule has 0 heteroatoms. The van der Waals surface area contributed by atoms with Crippen molar-refractivity contribution in [3.8, 4) is 0 Å². The summed E-state index contributed by atoms with van der Waals surface area (Å²) in [4.78, 5) is 0. The van der Waals surface area contributed by atoms with Crippen molar-refractivity contribution in [1.82, 2.24) is 0 Å². The molecule has 0 aliphatic heterocycles. The Bertz CT molecular complexity index is 198. The van der Waals surface area contributed by atoms with Crippen LogP contribution in [0.1, 0.15) is 48.0 Å². The summed E-state index contributed by atoms with van der Waals surface area (Å²) in [5.41, 5.74) is 2.38. The zero-order valence-electron chi connectivity index (χ0n) is 12.1. The van der Waals surface area contributed by atoms with E-state index in [9.17, 15) is 0 Å². The van der Waals surface area contributed by atoms with Crippen molar-refractivity contribution in [3.05, 3.63) is 49.1 Å². The molecular formula is C16H30. The third-order valence-electron chi connectivity index (χ3n) is 1.69. The van der Waals surface area contributed by atoms with E-state index < -0.39 is 0 Å². The normalized spacial score (nSPS) is 10.4. The van der Waals surface area contributed by atoms with Crippen molar-refractivity contribution in [2.24, 2.45) is 5.92 Å². The molecule has 0 aliphatic rings. The van der Waals surface area contributed by atoms with Crippen LogP contribution in [0, 0.1) is 5.92 Å². The summed E-state index contributed by atoms with van der Waals surface area (Å²) in [6.07, 6.45) is 7.07. The molecule has 0 radical (unpaired) electrons. The summed E-state index contributed by atoms with van der Waals surface area (Å²) >= 11 is 0. The van der Waals surface area contributed by atoms with E-state index in [0.29, 0.717) is 5.92 Å². The summed E-state index contributed by atoms with van der Waals surface area (Å²) < 4.78 is 0. The Morgan fingerprint density at radius 1 is 1.06 bits per heavy atom. The topological polar surface area (TPSA) is 0 Å². The maximum Gasteiger partial charge on any atom is -0.00340 e. The van der Waals surface area contributed by atoms with Crippen LogP contribution in [-0.4, -0.2) is 0 Å². The SMILES string of the molecule is C/C=C\C.C=C(C)C.C=CC(CC)C(=C)C. The largest absolute Gasteiger partial charge is 0.102 e. The van der Waals surface area contributed by atoms with Crippen molar-refractivity contribution in [2.45, 2.75) is 48.0 Å². The molecule has 0 rings (SSSR count). The van der Waals surface area contributed by atoms with E-state index in [1.165, 1.54) is 11.1 Å². The molecule has 0 heterocycles. The van der Waals surface area contributed by atoms with Gasteiger partial charge in [0.2, 0.25) is 0 Å². The van der Waals surface area contributed by atoms with Crippen LogP contribution in [0.4, 0.5) is 0 Å². The lowest BCUT2D eigenvalue weighted by Gasteiger charge is -2.06. The van der Waals surface area contributed by atoms with Gasteiger partial charge >= 0.3 is 0 Å². The molecule has 0 aliphatic carbocycles. The maximum atomic E-state index is 3.83. The third kappa shape index (κ3) is 29.3. The van der Waals surface area contributed by atoms with Gasteiger partial charge in [-0.05, 0) is 47.0 Å². The average molecular weight is 222 g/mol. The Morgan fingerprint density at radius 3 is 1.38 bits per heavy atom. The lowest BCUT2D eigenvalue weighted by molar-refractivity contribution is 0.732. The first-order valence-electron chi connectivity index (χ1n) is 5.84. The molecule has 0 nitrogen and oxygen atoms in total. The molecule has 0 amide bonds. The first kappa shape index (κ1) is 20.4. The average Bonchev–Trinajstić information content (AvgIpc) is 2.18. The van der Waals surface area contributed by atoms with Crippen LogP contribution >= 0.6 is 0 Å². The van der Waals surface area contributed by atoms with E-state index in [0.717, 1.165) is 6.42 Å². The van der Waals surface area contributed by atoms with Gasteiger partial charge in [-0.2, -0.15) is 0 Å². The monoisotopic (exact) mass is 222 g/mol. The number of allylic oxidation sites excluding steroid dienone is 5. The van der Waals surface area contributed by atoms with Crippen molar-refractivity contribution >= 4 is 0 Å². The molecular weight excluding hydrogens is 192 g/mol. The summed E-state index contributed by atoms with van der Waals surface area (Å²) in [5, 5.41) is 0. The molecule has 1 unspecified atom stereocenters. The number of hydrogen-bond donors (Lipinski definition) is 0. The molecule has 0 fully saturated rings. The van der Waals surface area contributed by atoms with Crippen LogP contribution in [-0.2, 0) is 0 Å². The fraction of sp³-hybridized carbons (Fsp3) is 0.500. The molecule has 0 bridgehead atoms. The minimum atomic E-state index is 0.523. The van der Waals surface area contributed by atoms with E-state index in [4.69, 9.17) is 0 Å². The fourth-order valence-electron chi connectivity index (χ4n) is 0.716. The summed E-state index contributed by atoms with van der Waals surface area (Å²) in [7, 11) is 0. The van der Waals surface area contributed by atoms with Crippen molar-refractivity contribution < 1.29 is 0 Å². The van der Waals surface area contributed by atoms with Crippen LogP contribution in [0.2, 0.25) is 0 Å². The van der Waals surface area contributed by atoms with Gasteiger partial charge in [0.05, 0.1) is 0 Å². The molecule has 0 saturated heterocycles. The molecule has 0 N–H and O–H groups in total. The highest BCUT2D eigenvalue weighted by atomic mass is 14.0. The minimum absolute atomic E-state index is 0.523. The molecule has 0 saturated carbocycles. The fourth-order valence-corrected chi connectivity index (χ4v) is 0.716. The second kappa shape index (κ2) is 16.4. The van der Waals surface area contributed by atoms with Gasteiger partial charge in [-0.3, -0.25) is 0 Å². The summed E-state index contributed by atoms with van der Waals surface area (Å²) in [5.74, 6) is 0.523. The lowest BCUT2D eigenvalue weighted by atomic mass is 10.00. The molecule has 0 aromatic carbocycles. The van der Waals surface area contributed by atoms with Gasteiger partial charge in [0.15, 0.2) is 0 Å². The highest BCUT2D eigenvalue weighted by Gasteiger charge is 1.97. The molecule has 1 atom stereocenters. The predicted molar refractivity (Wildman–Crippen MR) is 79.8 cm³/mol. The Morgan fingerprint density at radius 2 is 1.38 bits per heavy atom. The van der Waals surface area contributed by atoms with Gasteiger partial charge in [0.1, 0.15) is 0 Å². The highest BCUT2D eigenvalue weighted by Crippen LogP contribution is 2.12. The van der Waals surface area contributed by atoms with Crippen LogP contribution < -0.4 is 0 Å². The minimum Gasteiger partial charge on any atom is -0.102 e. The Hall–Kier alpha value is -1.04. The standard InChI is InChI=1S/C8H14.2C4H8/c1-5-8(6-2)7(3)4;1-4(2)3;1-3-4-2/h5,8H,1,3,6H2,2,4H3;1H2,2-3H3;3-4H,1-2H3/b;;4-3-. The van der Waals surface area contributed by atoms with Crippen molar-refractivity contribution in [2.75, 3.05) is 0 Å². The first-order chi connectivity index (χ1) is 7.37. The van der Waals surface area contributed by atoms with Gasteiger partial charge in [-0.15, -0.1) is 13.2 Å². The Balaban J connectivity index is -0.000000179. The summed E-state index contributed by atoms with van der Waals surface area (Å²) in [6, 6.07) is 0. The second-order valence-electron chi connectivity index (χ2n) is 3.97. The van der Waals surface area contributed by atoms with Gasteiger partial charge < -0.3 is 0 Å². The van der Waals surface area contributed by atoms with E-state index in [1.807, 2.05) is 52.8 Å². The van der Waals surface area contributed by atoms with Gasteiger partial charge in [-0.25, -0.2) is 0 Å². The predicted octanol–water partition coefficient (Wildman–Crippen LogP) is 5.94. The van der Waals surface area contributed by atoms with E-state index in [-0.39, 0.29) is 0 Å². The smallest absolute Gasteiger partial charge is 0.00340 e. The van der Waals surface area contributed by atoms with Gasteiger partial charge in [0, 0.05) is 0 Å². The van der Waals surface area contributed by atoms with Crippen molar-refractivity contribution in [1.29, 1.82) is 0 Å². The molecule has 0 aromatic rings. The molecule has 0 spiro atoms. The molecule has 16 heavy (non-hydrogen) atoms. The number of hydrogen-bond acceptors (Lipinski definition) is 0. The summed E-state index contributed by atoms with van der Waals surface area (Å²) in [6.45, 7) is 23.2. The van der Waals surface area contributed by atoms with E-state index >= 15 is 0 Å².